The smallest absolute Gasteiger partial charge is 0.243 e. The van der Waals surface area contributed by atoms with E-state index in [2.05, 4.69) is 16.0 Å². The number of halogens is 2. The van der Waals surface area contributed by atoms with E-state index < -0.39 is 10.0 Å². The summed E-state index contributed by atoms with van der Waals surface area (Å²) in [6.45, 7) is 4.31. The molecule has 10 heteroatoms. The van der Waals surface area contributed by atoms with E-state index >= 15 is 0 Å². The van der Waals surface area contributed by atoms with Crippen LogP contribution >= 0.6 is 24.8 Å². The minimum absolute atomic E-state index is 0. The van der Waals surface area contributed by atoms with Crippen molar-refractivity contribution in [1.82, 2.24) is 14.2 Å². The van der Waals surface area contributed by atoms with Gasteiger partial charge in [0.2, 0.25) is 10.0 Å². The number of pyridine rings is 1. The maximum Gasteiger partial charge on any atom is 0.243 e. The van der Waals surface area contributed by atoms with Crippen LogP contribution in [0.5, 0.6) is 11.5 Å². The maximum atomic E-state index is 13.4. The number of unbranched alkanes of at least 4 members (excludes halogenated alkanes) is 1. The lowest BCUT2D eigenvalue weighted by molar-refractivity contribution is 0.165. The zero-order valence-corrected chi connectivity index (χ0v) is 23.5. The van der Waals surface area contributed by atoms with Crippen molar-refractivity contribution in [2.24, 2.45) is 0 Å². The first-order valence-electron chi connectivity index (χ1n) is 12.4. The summed E-state index contributed by atoms with van der Waals surface area (Å²) in [5.74, 6) is 1.90. The summed E-state index contributed by atoms with van der Waals surface area (Å²) in [6.07, 6.45) is 8.06. The Labute approximate surface area is 232 Å². The molecule has 2 aliphatic heterocycles. The Morgan fingerprint density at radius 1 is 1.11 bits per heavy atom. The van der Waals surface area contributed by atoms with E-state index in [4.69, 9.17) is 9.47 Å². The van der Waals surface area contributed by atoms with E-state index in [0.29, 0.717) is 11.5 Å². The number of aromatic nitrogens is 1. The van der Waals surface area contributed by atoms with Crippen LogP contribution < -0.4 is 9.47 Å². The highest BCUT2D eigenvalue weighted by Crippen LogP contribution is 2.30. The molecule has 0 unspecified atom stereocenters. The van der Waals surface area contributed by atoms with E-state index in [-0.39, 0.29) is 30.9 Å². The average Bonchev–Trinajstić information content (AvgIpc) is 3.36. The minimum Gasteiger partial charge on any atom is -0.494 e. The molecule has 5 rings (SSSR count). The third kappa shape index (κ3) is 6.67. The first-order chi connectivity index (χ1) is 17.0. The van der Waals surface area contributed by atoms with Gasteiger partial charge in [-0.15, -0.1) is 24.8 Å². The van der Waals surface area contributed by atoms with Gasteiger partial charge >= 0.3 is 0 Å². The Morgan fingerprint density at radius 2 is 1.92 bits per heavy atom. The number of likely N-dealkylation sites (tertiary alicyclic amines) is 1. The summed E-state index contributed by atoms with van der Waals surface area (Å²) in [6, 6.07) is 13.2. The molecule has 2 aliphatic rings. The molecule has 0 saturated carbocycles. The molecule has 1 fully saturated rings. The highest BCUT2D eigenvalue weighted by atomic mass is 35.5. The van der Waals surface area contributed by atoms with Gasteiger partial charge in [0.15, 0.2) is 0 Å². The molecule has 0 amide bonds. The van der Waals surface area contributed by atoms with Crippen LogP contribution in [0, 0.1) is 0 Å². The van der Waals surface area contributed by atoms with Gasteiger partial charge in [-0.3, -0.25) is 4.98 Å². The number of nitrogens with zero attached hydrogens (tertiary/aromatic N) is 3. The maximum absolute atomic E-state index is 13.4. The Morgan fingerprint density at radius 3 is 2.73 bits per heavy atom. The molecule has 37 heavy (non-hydrogen) atoms. The molecule has 3 heterocycles. The van der Waals surface area contributed by atoms with Gasteiger partial charge in [-0.2, -0.15) is 4.31 Å². The van der Waals surface area contributed by atoms with Crippen molar-refractivity contribution < 1.29 is 17.9 Å². The highest BCUT2D eigenvalue weighted by Gasteiger charge is 2.31. The van der Waals surface area contributed by atoms with Gasteiger partial charge in [-0.1, -0.05) is 12.1 Å². The van der Waals surface area contributed by atoms with Crippen molar-refractivity contribution in [2.75, 3.05) is 39.9 Å². The number of benzene rings is 2. The molecule has 0 bridgehead atoms. The molecule has 7 nitrogen and oxygen atoms in total. The first kappa shape index (κ1) is 29.5. The van der Waals surface area contributed by atoms with Gasteiger partial charge in [0.1, 0.15) is 11.5 Å². The normalized spacial score (nSPS) is 16.1. The molecule has 0 N–H and O–H groups in total. The van der Waals surface area contributed by atoms with Crippen LogP contribution in [-0.4, -0.2) is 68.5 Å². The van der Waals surface area contributed by atoms with E-state index in [1.54, 1.807) is 41.9 Å². The van der Waals surface area contributed by atoms with Crippen LogP contribution in [0.2, 0.25) is 0 Å². The van der Waals surface area contributed by atoms with E-state index in [1.807, 2.05) is 18.2 Å². The molecule has 0 spiro atoms. The number of sulfonamides is 1. The molecule has 0 aliphatic carbocycles. The predicted octanol–water partition coefficient (Wildman–Crippen LogP) is 4.96. The second-order valence-corrected chi connectivity index (χ2v) is 11.3. The monoisotopic (exact) mass is 567 g/mol. The fourth-order valence-electron chi connectivity index (χ4n) is 5.06. The van der Waals surface area contributed by atoms with Crippen molar-refractivity contribution in [2.45, 2.75) is 43.0 Å². The summed E-state index contributed by atoms with van der Waals surface area (Å²) in [7, 11) is -1.85. The number of hydrogen-bond donors (Lipinski definition) is 0. The lowest BCUT2D eigenvalue weighted by Crippen LogP contribution is -2.45. The molecule has 0 atom stereocenters. The zero-order chi connectivity index (χ0) is 24.3. The molecule has 202 valence electrons. The van der Waals surface area contributed by atoms with E-state index in [1.165, 1.54) is 5.56 Å². The number of hydrogen-bond acceptors (Lipinski definition) is 6. The lowest BCUT2D eigenvalue weighted by atomic mass is 10.1. The van der Waals surface area contributed by atoms with Crippen molar-refractivity contribution in [3.63, 3.8) is 0 Å². The summed E-state index contributed by atoms with van der Waals surface area (Å²) < 4.78 is 39.9. The van der Waals surface area contributed by atoms with Crippen molar-refractivity contribution in [3.8, 4) is 11.5 Å². The molecule has 0 radical (unpaired) electrons. The van der Waals surface area contributed by atoms with Crippen LogP contribution in [-0.2, 0) is 16.4 Å². The lowest BCUT2D eigenvalue weighted by Gasteiger charge is -2.36. The summed E-state index contributed by atoms with van der Waals surface area (Å²) in [5, 5.41) is 1.56. The SMILES string of the molecule is CN(C1CCN(CCCCOc2ccc3c(c2)CCO3)CC1)S(=O)(=O)c1cccc2cnccc12.Cl.Cl. The van der Waals surface area contributed by atoms with Gasteiger partial charge in [0, 0.05) is 48.2 Å². The van der Waals surface area contributed by atoms with Crippen LogP contribution in [0.25, 0.3) is 10.8 Å². The average molecular weight is 569 g/mol. The molecule has 1 aromatic heterocycles. The van der Waals surface area contributed by atoms with Gasteiger partial charge in [0.05, 0.1) is 18.1 Å². The highest BCUT2D eigenvalue weighted by molar-refractivity contribution is 7.89. The van der Waals surface area contributed by atoms with Crippen LogP contribution in [0.15, 0.2) is 59.8 Å². The van der Waals surface area contributed by atoms with Gasteiger partial charge < -0.3 is 14.4 Å². The number of fused-ring (bicyclic) bond motifs is 2. The second kappa shape index (κ2) is 13.1. The molecule has 1 saturated heterocycles. The Balaban J connectivity index is 0.00000190. The second-order valence-electron chi connectivity index (χ2n) is 9.37. The van der Waals surface area contributed by atoms with Gasteiger partial charge in [0.25, 0.3) is 0 Å². The zero-order valence-electron chi connectivity index (χ0n) is 21.0. The Kier molecular flexibility index (Phi) is 10.4. The van der Waals surface area contributed by atoms with Crippen LogP contribution in [0.4, 0.5) is 0 Å². The number of ether oxygens (including phenoxy) is 2. The Hall–Kier alpha value is -2.10. The minimum atomic E-state index is -3.57. The van der Waals surface area contributed by atoms with Gasteiger partial charge in [-0.05, 0) is 75.6 Å². The van der Waals surface area contributed by atoms with E-state index in [9.17, 15) is 8.42 Å². The van der Waals surface area contributed by atoms with Crippen LogP contribution in [0.1, 0.15) is 31.2 Å². The topological polar surface area (TPSA) is 72.0 Å². The Bertz CT molecular complexity index is 1280. The molecular weight excluding hydrogens is 533 g/mol. The number of rotatable bonds is 9. The fraction of sp³-hybridized carbons (Fsp3) is 0.444. The third-order valence-corrected chi connectivity index (χ3v) is 9.14. The van der Waals surface area contributed by atoms with E-state index in [0.717, 1.165) is 80.6 Å². The quantitative estimate of drug-likeness (QED) is 0.340. The van der Waals surface area contributed by atoms with Crippen molar-refractivity contribution >= 4 is 45.6 Å². The predicted molar refractivity (Wildman–Crippen MR) is 151 cm³/mol. The summed E-state index contributed by atoms with van der Waals surface area (Å²) in [5.41, 5.74) is 1.23. The van der Waals surface area contributed by atoms with Crippen LogP contribution in [0.3, 0.4) is 0 Å². The fourth-order valence-corrected chi connectivity index (χ4v) is 6.68. The van der Waals surface area contributed by atoms with Crippen molar-refractivity contribution in [1.29, 1.82) is 0 Å². The first-order valence-corrected chi connectivity index (χ1v) is 13.9. The third-order valence-electron chi connectivity index (χ3n) is 7.17. The summed E-state index contributed by atoms with van der Waals surface area (Å²) in [4.78, 5) is 6.91. The molecular formula is C27H35Cl2N3O4S. The standard InChI is InChI=1S/C27H33N3O4S.2ClH/c1-29(35(31,32)27-6-4-5-22-20-28-13-9-25(22)27)23-10-15-30(16-11-23)14-2-3-17-33-24-7-8-26-21(19-24)12-18-34-26;;/h4-9,13,19-20,23H,2-3,10-12,14-18H2,1H3;2*1H. The number of piperidine rings is 1. The molecule has 3 aromatic rings. The largest absolute Gasteiger partial charge is 0.494 e. The van der Waals surface area contributed by atoms with Crippen molar-refractivity contribution in [3.05, 3.63) is 60.4 Å². The molecule has 2 aromatic carbocycles. The van der Waals surface area contributed by atoms with Gasteiger partial charge in [-0.25, -0.2) is 8.42 Å². The summed E-state index contributed by atoms with van der Waals surface area (Å²) >= 11 is 0.